The van der Waals surface area contributed by atoms with E-state index >= 15 is 0 Å². The molecule has 2 heterocycles. The zero-order chi connectivity index (χ0) is 10.8. The highest BCUT2D eigenvalue weighted by atomic mass is 16.5. The molecule has 2 rings (SSSR count). The standard InChI is InChI=1S/C12H19NO2/c1-8(2)11-6-13-7-12(15-11)10-5-4-9(3)14-10/h4-5,8,11-13H,6-7H2,1-3H3. The smallest absolute Gasteiger partial charge is 0.134 e. The minimum atomic E-state index is 0.0693. The number of morpholine rings is 1. The van der Waals surface area contributed by atoms with Gasteiger partial charge in [-0.05, 0) is 25.0 Å². The molecule has 0 bridgehead atoms. The molecule has 2 atom stereocenters. The third-order valence-corrected chi connectivity index (χ3v) is 2.84. The van der Waals surface area contributed by atoms with Crippen LogP contribution in [-0.4, -0.2) is 19.2 Å². The Labute approximate surface area is 90.8 Å². The van der Waals surface area contributed by atoms with Crippen LogP contribution in [-0.2, 0) is 4.74 Å². The predicted octanol–water partition coefficient (Wildman–Crippen LogP) is 2.27. The Bertz CT molecular complexity index is 319. The third-order valence-electron chi connectivity index (χ3n) is 2.84. The van der Waals surface area contributed by atoms with Crippen molar-refractivity contribution >= 4 is 0 Å². The maximum Gasteiger partial charge on any atom is 0.134 e. The SMILES string of the molecule is Cc1ccc(C2CNCC(C(C)C)O2)o1. The maximum absolute atomic E-state index is 5.99. The lowest BCUT2D eigenvalue weighted by atomic mass is 10.1. The molecule has 1 aromatic rings. The van der Waals surface area contributed by atoms with E-state index in [9.17, 15) is 0 Å². The molecule has 0 aliphatic carbocycles. The van der Waals surface area contributed by atoms with Gasteiger partial charge in [0, 0.05) is 13.1 Å². The Hall–Kier alpha value is -0.800. The van der Waals surface area contributed by atoms with Gasteiger partial charge in [0.2, 0.25) is 0 Å². The molecule has 1 fully saturated rings. The van der Waals surface area contributed by atoms with Crippen molar-refractivity contribution in [3.05, 3.63) is 23.7 Å². The van der Waals surface area contributed by atoms with Crippen LogP contribution in [0.25, 0.3) is 0 Å². The summed E-state index contributed by atoms with van der Waals surface area (Å²) < 4.78 is 11.6. The van der Waals surface area contributed by atoms with Crippen LogP contribution in [0.15, 0.2) is 16.5 Å². The van der Waals surface area contributed by atoms with Crippen LogP contribution in [0.5, 0.6) is 0 Å². The van der Waals surface area contributed by atoms with E-state index in [4.69, 9.17) is 9.15 Å². The fraction of sp³-hybridized carbons (Fsp3) is 0.667. The van der Waals surface area contributed by atoms with Crippen LogP contribution in [0.1, 0.15) is 31.5 Å². The monoisotopic (exact) mass is 209 g/mol. The minimum Gasteiger partial charge on any atom is -0.464 e. The molecular formula is C12H19NO2. The number of aryl methyl sites for hydroxylation is 1. The van der Waals surface area contributed by atoms with E-state index in [0.717, 1.165) is 24.6 Å². The van der Waals surface area contributed by atoms with Crippen molar-refractivity contribution in [3.63, 3.8) is 0 Å². The molecular weight excluding hydrogens is 190 g/mol. The highest BCUT2D eigenvalue weighted by molar-refractivity contribution is 5.09. The average Bonchev–Trinajstić information content (AvgIpc) is 2.65. The second-order valence-corrected chi connectivity index (χ2v) is 4.51. The highest BCUT2D eigenvalue weighted by Gasteiger charge is 2.27. The molecule has 1 aliphatic rings. The normalized spacial score (nSPS) is 27.2. The fourth-order valence-corrected chi connectivity index (χ4v) is 1.85. The molecule has 0 amide bonds. The lowest BCUT2D eigenvalue weighted by Crippen LogP contribution is -2.42. The van der Waals surface area contributed by atoms with Gasteiger partial charge in [-0.1, -0.05) is 13.8 Å². The molecule has 1 aromatic heterocycles. The van der Waals surface area contributed by atoms with Gasteiger partial charge in [0.05, 0.1) is 6.10 Å². The largest absolute Gasteiger partial charge is 0.464 e. The number of nitrogens with one attached hydrogen (secondary N) is 1. The van der Waals surface area contributed by atoms with Crippen LogP contribution in [0.2, 0.25) is 0 Å². The molecule has 3 heteroatoms. The Kier molecular flexibility index (Phi) is 3.12. The number of rotatable bonds is 2. The predicted molar refractivity (Wildman–Crippen MR) is 58.8 cm³/mol. The molecule has 0 radical (unpaired) electrons. The summed E-state index contributed by atoms with van der Waals surface area (Å²) in [6.07, 6.45) is 0.356. The number of hydrogen-bond acceptors (Lipinski definition) is 3. The first-order valence-electron chi connectivity index (χ1n) is 5.59. The van der Waals surface area contributed by atoms with Crippen molar-refractivity contribution in [2.75, 3.05) is 13.1 Å². The van der Waals surface area contributed by atoms with Crippen LogP contribution < -0.4 is 5.32 Å². The molecule has 3 nitrogen and oxygen atoms in total. The summed E-state index contributed by atoms with van der Waals surface area (Å²) in [5.74, 6) is 2.42. The minimum absolute atomic E-state index is 0.0693. The molecule has 2 unspecified atom stereocenters. The summed E-state index contributed by atoms with van der Waals surface area (Å²) in [6, 6.07) is 3.99. The van der Waals surface area contributed by atoms with E-state index in [0.29, 0.717) is 5.92 Å². The van der Waals surface area contributed by atoms with Crippen molar-refractivity contribution < 1.29 is 9.15 Å². The average molecular weight is 209 g/mol. The van der Waals surface area contributed by atoms with Crippen LogP contribution in [0.4, 0.5) is 0 Å². The van der Waals surface area contributed by atoms with Gasteiger partial charge >= 0.3 is 0 Å². The van der Waals surface area contributed by atoms with E-state index < -0.39 is 0 Å². The van der Waals surface area contributed by atoms with Gasteiger partial charge in [0.1, 0.15) is 17.6 Å². The molecule has 0 aromatic carbocycles. The number of ether oxygens (including phenoxy) is 1. The highest BCUT2D eigenvalue weighted by Crippen LogP contribution is 2.25. The van der Waals surface area contributed by atoms with Crippen LogP contribution in [0, 0.1) is 12.8 Å². The Morgan fingerprint density at radius 2 is 2.13 bits per heavy atom. The summed E-state index contributed by atoms with van der Waals surface area (Å²) in [5.41, 5.74) is 0. The van der Waals surface area contributed by atoms with Crippen LogP contribution in [0.3, 0.4) is 0 Å². The second kappa shape index (κ2) is 4.37. The molecule has 15 heavy (non-hydrogen) atoms. The van der Waals surface area contributed by atoms with E-state index in [1.165, 1.54) is 0 Å². The fourth-order valence-electron chi connectivity index (χ4n) is 1.85. The van der Waals surface area contributed by atoms with Gasteiger partial charge < -0.3 is 14.5 Å². The molecule has 1 aliphatic heterocycles. The van der Waals surface area contributed by atoms with Crippen molar-refractivity contribution in [1.29, 1.82) is 0 Å². The van der Waals surface area contributed by atoms with E-state index in [-0.39, 0.29) is 12.2 Å². The zero-order valence-corrected chi connectivity index (χ0v) is 9.62. The van der Waals surface area contributed by atoms with Crippen molar-refractivity contribution in [2.45, 2.75) is 33.0 Å². The lowest BCUT2D eigenvalue weighted by molar-refractivity contribution is -0.0690. The second-order valence-electron chi connectivity index (χ2n) is 4.51. The summed E-state index contributed by atoms with van der Waals surface area (Å²) >= 11 is 0. The van der Waals surface area contributed by atoms with Gasteiger partial charge in [-0.2, -0.15) is 0 Å². The number of hydrogen-bond donors (Lipinski definition) is 1. The van der Waals surface area contributed by atoms with E-state index in [2.05, 4.69) is 19.2 Å². The first-order valence-corrected chi connectivity index (χ1v) is 5.59. The van der Waals surface area contributed by atoms with Gasteiger partial charge in [-0.3, -0.25) is 0 Å². The molecule has 0 saturated carbocycles. The first-order chi connectivity index (χ1) is 7.16. The summed E-state index contributed by atoms with van der Waals surface area (Å²) in [4.78, 5) is 0. The zero-order valence-electron chi connectivity index (χ0n) is 9.62. The molecule has 1 saturated heterocycles. The van der Waals surface area contributed by atoms with Gasteiger partial charge in [0.15, 0.2) is 0 Å². The Morgan fingerprint density at radius 3 is 2.73 bits per heavy atom. The number of furan rings is 1. The van der Waals surface area contributed by atoms with Crippen molar-refractivity contribution in [3.8, 4) is 0 Å². The molecule has 1 N–H and O–H groups in total. The summed E-state index contributed by atoms with van der Waals surface area (Å²) in [5, 5.41) is 3.39. The van der Waals surface area contributed by atoms with E-state index in [1.54, 1.807) is 0 Å². The first kappa shape index (κ1) is 10.7. The van der Waals surface area contributed by atoms with Crippen molar-refractivity contribution in [1.82, 2.24) is 5.32 Å². The van der Waals surface area contributed by atoms with Gasteiger partial charge in [-0.15, -0.1) is 0 Å². The molecule has 0 spiro atoms. The Balaban J connectivity index is 2.04. The van der Waals surface area contributed by atoms with E-state index in [1.807, 2.05) is 19.1 Å². The third kappa shape index (κ3) is 2.41. The lowest BCUT2D eigenvalue weighted by Gasteiger charge is -2.32. The molecule has 84 valence electrons. The summed E-state index contributed by atoms with van der Waals surface area (Å²) in [7, 11) is 0. The quantitative estimate of drug-likeness (QED) is 0.811. The van der Waals surface area contributed by atoms with Crippen molar-refractivity contribution in [2.24, 2.45) is 5.92 Å². The van der Waals surface area contributed by atoms with Gasteiger partial charge in [0.25, 0.3) is 0 Å². The topological polar surface area (TPSA) is 34.4 Å². The van der Waals surface area contributed by atoms with Gasteiger partial charge in [-0.25, -0.2) is 0 Å². The Morgan fingerprint density at radius 1 is 1.33 bits per heavy atom. The summed E-state index contributed by atoms with van der Waals surface area (Å²) in [6.45, 7) is 8.11. The van der Waals surface area contributed by atoms with Crippen LogP contribution >= 0.6 is 0 Å². The maximum atomic E-state index is 5.99.